The smallest absolute Gasteiger partial charge is 0.361 e. The Morgan fingerprint density at radius 1 is 1.31 bits per heavy atom. The zero-order valence-electron chi connectivity index (χ0n) is 17.8. The van der Waals surface area contributed by atoms with Gasteiger partial charge in [-0.15, -0.1) is 0 Å². The predicted octanol–water partition coefficient (Wildman–Crippen LogP) is 2.19. The molecule has 11 heteroatoms. The fourth-order valence-corrected chi connectivity index (χ4v) is 3.77. The number of nitrogens with zero attached hydrogens (tertiary/aromatic N) is 4. The lowest BCUT2D eigenvalue weighted by atomic mass is 10.0. The van der Waals surface area contributed by atoms with E-state index in [0.717, 1.165) is 12.1 Å². The standard InChI is InChI=1S/C21H22F3N5O3/c1-12-16(13(2)32-27-12)9-19(30)28-6-7-29(18(11-28)20(31)26-3)15-5-4-14(10-25)17(8-15)21(22,23)24/h4-5,8,18H,6-7,9,11H2,1-3H3,(H,26,31). The molecule has 1 aliphatic heterocycles. The average Bonchev–Trinajstić information content (AvgIpc) is 3.09. The van der Waals surface area contributed by atoms with Crippen molar-refractivity contribution < 1.29 is 27.3 Å². The van der Waals surface area contributed by atoms with E-state index in [9.17, 15) is 22.8 Å². The normalized spacial score (nSPS) is 16.6. The van der Waals surface area contributed by atoms with E-state index in [0.29, 0.717) is 17.0 Å². The molecule has 0 saturated carbocycles. The van der Waals surface area contributed by atoms with Crippen molar-refractivity contribution in [1.82, 2.24) is 15.4 Å². The number of benzene rings is 1. The molecule has 0 aliphatic carbocycles. The van der Waals surface area contributed by atoms with Crippen molar-refractivity contribution >= 4 is 17.5 Å². The predicted molar refractivity (Wildman–Crippen MR) is 108 cm³/mol. The lowest BCUT2D eigenvalue weighted by Crippen LogP contribution is -2.60. The van der Waals surface area contributed by atoms with Gasteiger partial charge in [-0.1, -0.05) is 5.16 Å². The molecule has 2 aromatic rings. The van der Waals surface area contributed by atoms with Crippen molar-refractivity contribution in [2.75, 3.05) is 31.6 Å². The molecule has 2 amide bonds. The molecule has 1 atom stereocenters. The maximum atomic E-state index is 13.4. The first-order valence-electron chi connectivity index (χ1n) is 9.86. The number of nitriles is 1. The number of rotatable bonds is 4. The third-order valence-corrected chi connectivity index (χ3v) is 5.55. The summed E-state index contributed by atoms with van der Waals surface area (Å²) in [6, 6.07) is 4.00. The van der Waals surface area contributed by atoms with Gasteiger partial charge in [0.05, 0.1) is 35.9 Å². The van der Waals surface area contributed by atoms with Crippen molar-refractivity contribution in [2.45, 2.75) is 32.5 Å². The summed E-state index contributed by atoms with van der Waals surface area (Å²) >= 11 is 0. The number of carbonyl (C=O) groups excluding carboxylic acids is 2. The summed E-state index contributed by atoms with van der Waals surface area (Å²) in [7, 11) is 1.42. The Hall–Kier alpha value is -3.55. The van der Waals surface area contributed by atoms with Crippen molar-refractivity contribution in [1.29, 1.82) is 5.26 Å². The zero-order valence-corrected chi connectivity index (χ0v) is 17.8. The lowest BCUT2D eigenvalue weighted by molar-refractivity contribution is -0.137. The van der Waals surface area contributed by atoms with E-state index in [1.54, 1.807) is 19.9 Å². The van der Waals surface area contributed by atoms with Gasteiger partial charge in [-0.05, 0) is 32.0 Å². The number of aromatic nitrogens is 1. The molecule has 1 fully saturated rings. The van der Waals surface area contributed by atoms with Gasteiger partial charge in [0.1, 0.15) is 11.8 Å². The van der Waals surface area contributed by atoms with Crippen LogP contribution >= 0.6 is 0 Å². The highest BCUT2D eigenvalue weighted by atomic mass is 19.4. The van der Waals surface area contributed by atoms with Gasteiger partial charge in [0.2, 0.25) is 11.8 Å². The van der Waals surface area contributed by atoms with Gasteiger partial charge in [-0.25, -0.2) is 0 Å². The average molecular weight is 449 g/mol. The molecule has 0 radical (unpaired) electrons. The molecule has 3 rings (SSSR count). The van der Waals surface area contributed by atoms with Crippen molar-refractivity contribution in [3.8, 4) is 6.07 Å². The van der Waals surface area contributed by atoms with Crippen LogP contribution in [-0.2, 0) is 22.2 Å². The van der Waals surface area contributed by atoms with Crippen molar-refractivity contribution in [3.63, 3.8) is 0 Å². The van der Waals surface area contributed by atoms with E-state index in [1.165, 1.54) is 22.9 Å². The largest absolute Gasteiger partial charge is 0.417 e. The molecular weight excluding hydrogens is 427 g/mol. The monoisotopic (exact) mass is 449 g/mol. The number of likely N-dealkylation sites (N-methyl/N-ethyl adjacent to an activating group) is 1. The van der Waals surface area contributed by atoms with E-state index in [4.69, 9.17) is 9.78 Å². The molecule has 8 nitrogen and oxygen atoms in total. The van der Waals surface area contributed by atoms with Crippen LogP contribution in [0.25, 0.3) is 0 Å². The first kappa shape index (κ1) is 23.1. The Morgan fingerprint density at radius 3 is 2.59 bits per heavy atom. The number of alkyl halides is 3. The quantitative estimate of drug-likeness (QED) is 0.768. The van der Waals surface area contributed by atoms with E-state index in [2.05, 4.69) is 10.5 Å². The number of aryl methyl sites for hydroxylation is 2. The van der Waals surface area contributed by atoms with E-state index >= 15 is 0 Å². The van der Waals surface area contributed by atoms with Crippen LogP contribution in [0.4, 0.5) is 18.9 Å². The summed E-state index contributed by atoms with van der Waals surface area (Å²) in [5.74, 6) is -0.129. The summed E-state index contributed by atoms with van der Waals surface area (Å²) in [6.45, 7) is 3.81. The maximum Gasteiger partial charge on any atom is 0.417 e. The van der Waals surface area contributed by atoms with Crippen LogP contribution in [0.1, 0.15) is 28.1 Å². The van der Waals surface area contributed by atoms with Gasteiger partial charge in [-0.2, -0.15) is 18.4 Å². The fourth-order valence-electron chi connectivity index (χ4n) is 3.77. The molecule has 0 bridgehead atoms. The SMILES string of the molecule is CNC(=O)C1CN(C(=O)Cc2c(C)noc2C)CCN1c1ccc(C#N)c(C(F)(F)F)c1. The van der Waals surface area contributed by atoms with Gasteiger partial charge in [0.25, 0.3) is 0 Å². The minimum absolute atomic E-state index is 0.00321. The van der Waals surface area contributed by atoms with E-state index in [1.807, 2.05) is 0 Å². The van der Waals surface area contributed by atoms with Gasteiger partial charge < -0.3 is 19.6 Å². The number of carbonyl (C=O) groups is 2. The highest BCUT2D eigenvalue weighted by Crippen LogP contribution is 2.35. The molecular formula is C21H22F3N5O3. The number of halogens is 3. The number of amides is 2. The Bertz CT molecular complexity index is 1050. The second kappa shape index (κ2) is 8.90. The first-order valence-corrected chi connectivity index (χ1v) is 9.86. The van der Waals surface area contributed by atoms with Crippen LogP contribution in [0.5, 0.6) is 0 Å². The van der Waals surface area contributed by atoms with Gasteiger partial charge in [0.15, 0.2) is 0 Å². The van der Waals surface area contributed by atoms with Crippen LogP contribution < -0.4 is 10.2 Å². The fraction of sp³-hybridized carbons (Fsp3) is 0.429. The third-order valence-electron chi connectivity index (χ3n) is 5.55. The van der Waals surface area contributed by atoms with Gasteiger partial charge >= 0.3 is 6.18 Å². The molecule has 1 N–H and O–H groups in total. The molecule has 2 heterocycles. The van der Waals surface area contributed by atoms with Crippen LogP contribution in [0.2, 0.25) is 0 Å². The zero-order chi connectivity index (χ0) is 23.6. The van der Waals surface area contributed by atoms with Crippen LogP contribution in [0, 0.1) is 25.2 Å². The number of hydrogen-bond acceptors (Lipinski definition) is 6. The van der Waals surface area contributed by atoms with Crippen molar-refractivity contribution in [2.24, 2.45) is 0 Å². The molecule has 1 aliphatic rings. The summed E-state index contributed by atoms with van der Waals surface area (Å²) in [5, 5.41) is 15.4. The third kappa shape index (κ3) is 4.54. The molecule has 1 unspecified atom stereocenters. The van der Waals surface area contributed by atoms with Crippen LogP contribution in [0.15, 0.2) is 22.7 Å². The van der Waals surface area contributed by atoms with Crippen LogP contribution in [-0.4, -0.2) is 54.6 Å². The van der Waals surface area contributed by atoms with E-state index < -0.39 is 29.3 Å². The highest BCUT2D eigenvalue weighted by molar-refractivity contribution is 5.87. The van der Waals surface area contributed by atoms with Gasteiger partial charge in [-0.3, -0.25) is 9.59 Å². The van der Waals surface area contributed by atoms with Gasteiger partial charge in [0, 0.05) is 31.4 Å². The topological polar surface area (TPSA) is 102 Å². The Balaban J connectivity index is 1.87. The van der Waals surface area contributed by atoms with Crippen LogP contribution in [0.3, 0.4) is 0 Å². The molecule has 170 valence electrons. The second-order valence-corrected chi connectivity index (χ2v) is 7.48. The molecule has 0 spiro atoms. The number of hydrogen-bond donors (Lipinski definition) is 1. The minimum atomic E-state index is -4.71. The summed E-state index contributed by atoms with van der Waals surface area (Å²) in [6.07, 6.45) is -4.66. The minimum Gasteiger partial charge on any atom is -0.361 e. The molecule has 1 aromatic heterocycles. The summed E-state index contributed by atoms with van der Waals surface area (Å²) in [4.78, 5) is 28.5. The first-order chi connectivity index (χ1) is 15.1. The highest BCUT2D eigenvalue weighted by Gasteiger charge is 2.37. The maximum absolute atomic E-state index is 13.4. The lowest BCUT2D eigenvalue weighted by Gasteiger charge is -2.42. The Morgan fingerprint density at radius 2 is 2.03 bits per heavy atom. The Labute approximate surface area is 182 Å². The number of anilines is 1. The molecule has 1 aromatic carbocycles. The Kier molecular flexibility index (Phi) is 6.43. The number of piperazine rings is 1. The number of nitrogens with one attached hydrogen (secondary N) is 1. The van der Waals surface area contributed by atoms with E-state index in [-0.39, 0.29) is 37.6 Å². The molecule has 32 heavy (non-hydrogen) atoms. The molecule has 1 saturated heterocycles. The summed E-state index contributed by atoms with van der Waals surface area (Å²) < 4.78 is 45.3. The van der Waals surface area contributed by atoms with Crippen molar-refractivity contribution in [3.05, 3.63) is 46.3 Å². The second-order valence-electron chi connectivity index (χ2n) is 7.48. The summed E-state index contributed by atoms with van der Waals surface area (Å²) in [5.41, 5.74) is -0.121.